The second kappa shape index (κ2) is 6.78. The summed E-state index contributed by atoms with van der Waals surface area (Å²) in [6.07, 6.45) is 0.0526. The van der Waals surface area contributed by atoms with Gasteiger partial charge in [0.1, 0.15) is 13.1 Å². The van der Waals surface area contributed by atoms with Crippen LogP contribution in [0.15, 0.2) is 0 Å². The number of carboxylic acid groups (broad SMARTS) is 2. The summed E-state index contributed by atoms with van der Waals surface area (Å²) in [5, 5.41) is 17.1. The molecule has 0 rings (SSSR count). The lowest BCUT2D eigenvalue weighted by atomic mass is 10.1. The Hall–Kier alpha value is -1.63. The Kier molecular flexibility index (Phi) is 6.09. The molecule has 16 heavy (non-hydrogen) atoms. The smallest absolute Gasteiger partial charge is 0.323 e. The lowest BCUT2D eigenvalue weighted by molar-refractivity contribution is -0.149. The van der Waals surface area contributed by atoms with Crippen molar-refractivity contribution >= 4 is 17.8 Å². The van der Waals surface area contributed by atoms with Gasteiger partial charge in [-0.15, -0.1) is 0 Å². The molecule has 4 N–H and O–H groups in total. The van der Waals surface area contributed by atoms with E-state index in [1.165, 1.54) is 0 Å². The maximum atomic E-state index is 11.5. The first kappa shape index (κ1) is 14.4. The standard InChI is InChI=1S/C9H16N2O5/c1-6(3-10)2-7(12)11(4-8(13)14)5-9(15)16/h6H,2-5,10H2,1H3,(H,13,14)(H,15,16). The number of carbonyl (C=O) groups excluding carboxylic acids is 1. The molecule has 7 heteroatoms. The fourth-order valence-electron chi connectivity index (χ4n) is 1.07. The molecule has 1 atom stereocenters. The van der Waals surface area contributed by atoms with Crippen molar-refractivity contribution in [1.82, 2.24) is 4.90 Å². The van der Waals surface area contributed by atoms with Gasteiger partial charge in [0, 0.05) is 6.42 Å². The van der Waals surface area contributed by atoms with Crippen LogP contribution in [-0.2, 0) is 14.4 Å². The average Bonchev–Trinajstić information content (AvgIpc) is 2.15. The Balaban J connectivity index is 4.42. The van der Waals surface area contributed by atoms with Gasteiger partial charge in [0.2, 0.25) is 5.91 Å². The predicted molar refractivity (Wildman–Crippen MR) is 54.7 cm³/mol. The van der Waals surface area contributed by atoms with Crippen LogP contribution in [0.4, 0.5) is 0 Å². The Morgan fingerprint density at radius 3 is 1.94 bits per heavy atom. The maximum Gasteiger partial charge on any atom is 0.323 e. The van der Waals surface area contributed by atoms with E-state index in [0.29, 0.717) is 6.54 Å². The van der Waals surface area contributed by atoms with Crippen molar-refractivity contribution < 1.29 is 24.6 Å². The minimum absolute atomic E-state index is 0.0526. The quantitative estimate of drug-likeness (QED) is 0.516. The minimum atomic E-state index is -1.24. The second-order valence-corrected chi connectivity index (χ2v) is 3.58. The van der Waals surface area contributed by atoms with Crippen LogP contribution >= 0.6 is 0 Å². The van der Waals surface area contributed by atoms with Crippen LogP contribution in [-0.4, -0.2) is 52.6 Å². The van der Waals surface area contributed by atoms with Gasteiger partial charge < -0.3 is 20.8 Å². The summed E-state index contributed by atoms with van der Waals surface area (Å²) >= 11 is 0. The second-order valence-electron chi connectivity index (χ2n) is 3.58. The molecule has 1 unspecified atom stereocenters. The predicted octanol–water partition coefficient (Wildman–Crippen LogP) is -1.03. The summed E-state index contributed by atoms with van der Waals surface area (Å²) in [5.74, 6) is -3.09. The Morgan fingerprint density at radius 1 is 1.19 bits per heavy atom. The Bertz CT molecular complexity index is 263. The van der Waals surface area contributed by atoms with Crippen LogP contribution in [0.2, 0.25) is 0 Å². The molecule has 0 aliphatic heterocycles. The zero-order valence-electron chi connectivity index (χ0n) is 9.05. The SMILES string of the molecule is CC(CN)CC(=O)N(CC(=O)O)CC(=O)O. The molecule has 0 saturated heterocycles. The highest BCUT2D eigenvalue weighted by Gasteiger charge is 2.20. The number of rotatable bonds is 7. The summed E-state index contributed by atoms with van der Waals surface area (Å²) in [7, 11) is 0. The number of aliphatic carboxylic acids is 2. The van der Waals surface area contributed by atoms with Crippen molar-refractivity contribution in [2.75, 3.05) is 19.6 Å². The highest BCUT2D eigenvalue weighted by molar-refractivity contribution is 5.85. The van der Waals surface area contributed by atoms with Crippen molar-refractivity contribution in [2.45, 2.75) is 13.3 Å². The third kappa shape index (κ3) is 5.97. The van der Waals surface area contributed by atoms with E-state index in [1.54, 1.807) is 6.92 Å². The molecule has 1 amide bonds. The summed E-state index contributed by atoms with van der Waals surface area (Å²) in [4.78, 5) is 33.2. The van der Waals surface area contributed by atoms with E-state index in [1.807, 2.05) is 0 Å². The van der Waals surface area contributed by atoms with Crippen molar-refractivity contribution in [3.63, 3.8) is 0 Å². The van der Waals surface area contributed by atoms with E-state index in [-0.39, 0.29) is 12.3 Å². The fraction of sp³-hybridized carbons (Fsp3) is 0.667. The number of amides is 1. The Labute approximate surface area is 92.8 Å². The van der Waals surface area contributed by atoms with Crippen molar-refractivity contribution in [3.8, 4) is 0 Å². The topological polar surface area (TPSA) is 121 Å². The molecule has 0 aromatic heterocycles. The monoisotopic (exact) mass is 232 g/mol. The molecule has 0 aromatic carbocycles. The third-order valence-electron chi connectivity index (χ3n) is 1.93. The highest BCUT2D eigenvalue weighted by Crippen LogP contribution is 2.03. The normalized spacial score (nSPS) is 11.9. The number of hydrogen-bond donors (Lipinski definition) is 3. The van der Waals surface area contributed by atoms with Gasteiger partial charge >= 0.3 is 11.9 Å². The summed E-state index contributed by atoms with van der Waals surface area (Å²) < 4.78 is 0. The van der Waals surface area contributed by atoms with Crippen LogP contribution in [0.3, 0.4) is 0 Å². The van der Waals surface area contributed by atoms with E-state index in [0.717, 1.165) is 4.90 Å². The molecule has 0 bridgehead atoms. The lowest BCUT2D eigenvalue weighted by Gasteiger charge is -2.20. The van der Waals surface area contributed by atoms with Gasteiger partial charge in [-0.2, -0.15) is 0 Å². The molecule has 92 valence electrons. The number of nitrogens with zero attached hydrogens (tertiary/aromatic N) is 1. The molecule has 0 saturated carbocycles. The van der Waals surface area contributed by atoms with Gasteiger partial charge in [-0.25, -0.2) is 0 Å². The van der Waals surface area contributed by atoms with Gasteiger partial charge in [0.05, 0.1) is 0 Å². The zero-order chi connectivity index (χ0) is 12.7. The largest absolute Gasteiger partial charge is 0.480 e. The van der Waals surface area contributed by atoms with E-state index >= 15 is 0 Å². The molecule has 0 aromatic rings. The first-order valence-corrected chi connectivity index (χ1v) is 4.78. The first-order valence-electron chi connectivity index (χ1n) is 4.78. The number of nitrogens with two attached hydrogens (primary N) is 1. The van der Waals surface area contributed by atoms with Gasteiger partial charge in [0.15, 0.2) is 0 Å². The van der Waals surface area contributed by atoms with Gasteiger partial charge in [-0.1, -0.05) is 6.92 Å². The molecule has 0 aliphatic rings. The van der Waals surface area contributed by atoms with Crippen molar-refractivity contribution in [2.24, 2.45) is 11.7 Å². The summed E-state index contributed by atoms with van der Waals surface area (Å²) in [5.41, 5.74) is 5.32. The van der Waals surface area contributed by atoms with Gasteiger partial charge in [-0.3, -0.25) is 14.4 Å². The molecule has 0 radical (unpaired) electrons. The summed E-state index contributed by atoms with van der Waals surface area (Å²) in [6, 6.07) is 0. The van der Waals surface area contributed by atoms with Crippen LogP contribution < -0.4 is 5.73 Å². The van der Waals surface area contributed by atoms with E-state index in [9.17, 15) is 14.4 Å². The molecular formula is C9H16N2O5. The zero-order valence-corrected chi connectivity index (χ0v) is 9.05. The molecule has 0 heterocycles. The van der Waals surface area contributed by atoms with Gasteiger partial charge in [0.25, 0.3) is 0 Å². The highest BCUT2D eigenvalue weighted by atomic mass is 16.4. The van der Waals surface area contributed by atoms with Crippen molar-refractivity contribution in [3.05, 3.63) is 0 Å². The molecule has 0 spiro atoms. The molecule has 7 nitrogen and oxygen atoms in total. The van der Waals surface area contributed by atoms with Crippen molar-refractivity contribution in [1.29, 1.82) is 0 Å². The fourth-order valence-corrected chi connectivity index (χ4v) is 1.07. The number of carbonyl (C=O) groups is 3. The molecular weight excluding hydrogens is 216 g/mol. The molecule has 0 aliphatic carbocycles. The molecule has 0 fully saturated rings. The van der Waals surface area contributed by atoms with E-state index < -0.39 is 30.9 Å². The van der Waals surface area contributed by atoms with E-state index in [2.05, 4.69) is 0 Å². The maximum absolute atomic E-state index is 11.5. The lowest BCUT2D eigenvalue weighted by Crippen LogP contribution is -2.40. The number of hydrogen-bond acceptors (Lipinski definition) is 4. The first-order chi connectivity index (χ1) is 7.36. The van der Waals surface area contributed by atoms with Gasteiger partial charge in [-0.05, 0) is 12.5 Å². The van der Waals surface area contributed by atoms with Crippen LogP contribution in [0.5, 0.6) is 0 Å². The number of carboxylic acids is 2. The van der Waals surface area contributed by atoms with Crippen LogP contribution in [0.1, 0.15) is 13.3 Å². The minimum Gasteiger partial charge on any atom is -0.480 e. The van der Waals surface area contributed by atoms with E-state index in [4.69, 9.17) is 15.9 Å². The van der Waals surface area contributed by atoms with Crippen LogP contribution in [0.25, 0.3) is 0 Å². The van der Waals surface area contributed by atoms with Crippen LogP contribution in [0, 0.1) is 5.92 Å². The summed E-state index contributed by atoms with van der Waals surface area (Å²) in [6.45, 7) is 0.808. The Morgan fingerprint density at radius 2 is 1.62 bits per heavy atom. The average molecular weight is 232 g/mol. The third-order valence-corrected chi connectivity index (χ3v) is 1.93.